The van der Waals surface area contributed by atoms with Crippen molar-refractivity contribution in [1.82, 2.24) is 0 Å². The van der Waals surface area contributed by atoms with E-state index in [0.717, 1.165) is 5.69 Å². The second kappa shape index (κ2) is 11.1. The first-order valence-corrected chi connectivity index (χ1v) is 9.83. The molecule has 2 atom stereocenters. The average Bonchev–Trinajstić information content (AvgIpc) is 2.72. The molecular weight excluding hydrogens is 368 g/mol. The maximum atomic E-state index is 12.3. The second-order valence-corrected chi connectivity index (χ2v) is 6.43. The van der Waals surface area contributed by atoms with Crippen molar-refractivity contribution in [2.75, 3.05) is 25.1 Å². The van der Waals surface area contributed by atoms with Crippen LogP contribution in [0.5, 0.6) is 0 Å². The average molecular weight is 396 g/mol. The van der Waals surface area contributed by atoms with Gasteiger partial charge < -0.3 is 19.5 Å². The highest BCUT2D eigenvalue weighted by atomic mass is 16.5. The fourth-order valence-corrected chi connectivity index (χ4v) is 3.10. The van der Waals surface area contributed by atoms with Crippen molar-refractivity contribution in [3.8, 4) is 6.07 Å². The van der Waals surface area contributed by atoms with Gasteiger partial charge in [0.1, 0.15) is 17.3 Å². The van der Waals surface area contributed by atoms with Crippen LogP contribution in [0.4, 0.5) is 5.69 Å². The van der Waals surface area contributed by atoms with E-state index in [1.54, 1.807) is 25.3 Å². The molecule has 2 unspecified atom stereocenters. The molecule has 1 aliphatic carbocycles. The van der Waals surface area contributed by atoms with Crippen LogP contribution in [-0.4, -0.2) is 31.4 Å². The minimum absolute atomic E-state index is 0.297. The number of rotatable bonds is 10. The number of benzene rings is 1. The van der Waals surface area contributed by atoms with Crippen molar-refractivity contribution in [1.29, 1.82) is 5.26 Å². The molecule has 0 heterocycles. The van der Waals surface area contributed by atoms with E-state index in [9.17, 15) is 10.1 Å². The number of ether oxygens (including phenoxy) is 3. The Kier molecular flexibility index (Phi) is 8.50. The molecule has 1 aliphatic rings. The zero-order chi connectivity index (χ0) is 21.1. The van der Waals surface area contributed by atoms with Gasteiger partial charge in [0.15, 0.2) is 0 Å². The van der Waals surface area contributed by atoms with Crippen molar-refractivity contribution < 1.29 is 19.0 Å². The molecule has 0 aliphatic heterocycles. The van der Waals surface area contributed by atoms with Crippen LogP contribution in [0.3, 0.4) is 0 Å². The normalized spacial score (nSPS) is 21.1. The quantitative estimate of drug-likeness (QED) is 0.360. The Morgan fingerprint density at radius 2 is 1.97 bits per heavy atom. The van der Waals surface area contributed by atoms with E-state index in [0.29, 0.717) is 37.6 Å². The molecule has 0 amide bonds. The molecule has 2 rings (SSSR count). The Morgan fingerprint density at radius 1 is 1.21 bits per heavy atom. The van der Waals surface area contributed by atoms with E-state index >= 15 is 0 Å². The predicted molar refractivity (Wildman–Crippen MR) is 112 cm³/mol. The summed E-state index contributed by atoms with van der Waals surface area (Å²) < 4.78 is 16.9. The van der Waals surface area contributed by atoms with Crippen LogP contribution in [0.15, 0.2) is 66.1 Å². The predicted octanol–water partition coefficient (Wildman–Crippen LogP) is 4.34. The molecule has 0 radical (unpaired) electrons. The van der Waals surface area contributed by atoms with Gasteiger partial charge in [-0.1, -0.05) is 30.4 Å². The van der Waals surface area contributed by atoms with E-state index in [2.05, 4.69) is 11.4 Å². The number of hydrogen-bond acceptors (Lipinski definition) is 6. The van der Waals surface area contributed by atoms with E-state index < -0.39 is 11.5 Å². The van der Waals surface area contributed by atoms with E-state index in [4.69, 9.17) is 14.2 Å². The van der Waals surface area contributed by atoms with Gasteiger partial charge in [-0.15, -0.1) is 0 Å². The number of para-hydroxylation sites is 1. The number of nitriles is 1. The molecule has 0 saturated heterocycles. The fraction of sp³-hybridized carbons (Fsp3) is 0.391. The van der Waals surface area contributed by atoms with Crippen LogP contribution >= 0.6 is 0 Å². The molecular formula is C23H28N2O4. The van der Waals surface area contributed by atoms with E-state index in [1.165, 1.54) is 0 Å². The third-order valence-corrected chi connectivity index (χ3v) is 4.33. The molecule has 6 nitrogen and oxygen atoms in total. The summed E-state index contributed by atoms with van der Waals surface area (Å²) in [5.41, 5.74) is 0.522. The standard InChI is InChI=1S/C23H28N2O4/c1-4-27-21-15-23(29-6-3,13-12-20(21)22(26)28-5-2)14-18(16-24)17-25-19-10-8-7-9-11-19/h7-13,15,17,20,25H,4-6,14H2,1-3H3/b18-17-. The summed E-state index contributed by atoms with van der Waals surface area (Å²) in [7, 11) is 0. The van der Waals surface area contributed by atoms with E-state index in [-0.39, 0.29) is 5.97 Å². The van der Waals surface area contributed by atoms with Gasteiger partial charge in [-0.25, -0.2) is 0 Å². The molecule has 1 N–H and O–H groups in total. The van der Waals surface area contributed by atoms with Gasteiger partial charge in [-0.3, -0.25) is 4.79 Å². The van der Waals surface area contributed by atoms with Gasteiger partial charge >= 0.3 is 5.97 Å². The Morgan fingerprint density at radius 3 is 2.59 bits per heavy atom. The van der Waals surface area contributed by atoms with Crippen molar-refractivity contribution in [2.24, 2.45) is 5.92 Å². The molecule has 1 aromatic rings. The van der Waals surface area contributed by atoms with Crippen molar-refractivity contribution in [2.45, 2.75) is 32.8 Å². The lowest BCUT2D eigenvalue weighted by Gasteiger charge is -2.33. The van der Waals surface area contributed by atoms with Gasteiger partial charge in [0.05, 0.1) is 19.3 Å². The number of hydrogen-bond donors (Lipinski definition) is 1. The minimum atomic E-state index is -0.873. The molecule has 1 aromatic carbocycles. The number of carbonyl (C=O) groups excluding carboxylic acids is 1. The van der Waals surface area contributed by atoms with Gasteiger partial charge in [0.2, 0.25) is 0 Å². The number of nitrogens with one attached hydrogen (secondary N) is 1. The van der Waals surface area contributed by atoms with Crippen LogP contribution in [0, 0.1) is 17.2 Å². The zero-order valence-corrected chi connectivity index (χ0v) is 17.2. The lowest BCUT2D eigenvalue weighted by atomic mass is 9.86. The van der Waals surface area contributed by atoms with Gasteiger partial charge in [-0.05, 0) is 39.0 Å². The summed E-state index contributed by atoms with van der Waals surface area (Å²) in [4.78, 5) is 12.3. The van der Waals surface area contributed by atoms with Gasteiger partial charge in [0, 0.05) is 30.5 Å². The maximum absolute atomic E-state index is 12.3. The first-order chi connectivity index (χ1) is 14.1. The lowest BCUT2D eigenvalue weighted by molar-refractivity contribution is -0.146. The summed E-state index contributed by atoms with van der Waals surface area (Å²) in [6.07, 6.45) is 7.32. The summed E-state index contributed by atoms with van der Waals surface area (Å²) >= 11 is 0. The smallest absolute Gasteiger partial charge is 0.320 e. The highest BCUT2D eigenvalue weighted by Gasteiger charge is 2.36. The van der Waals surface area contributed by atoms with Crippen LogP contribution in [0.1, 0.15) is 27.2 Å². The monoisotopic (exact) mass is 396 g/mol. The summed E-state index contributed by atoms with van der Waals surface area (Å²) in [6.45, 7) is 6.66. The molecule has 6 heteroatoms. The Hall–Kier alpha value is -3.04. The first kappa shape index (κ1) is 22.3. The number of nitrogens with zero attached hydrogens (tertiary/aromatic N) is 1. The summed E-state index contributed by atoms with van der Waals surface area (Å²) in [6, 6.07) is 11.8. The molecule has 0 spiro atoms. The molecule has 0 aromatic heterocycles. The highest BCUT2D eigenvalue weighted by molar-refractivity contribution is 5.78. The molecule has 154 valence electrons. The van der Waals surface area contributed by atoms with Crippen LogP contribution in [-0.2, 0) is 19.0 Å². The van der Waals surface area contributed by atoms with Gasteiger partial charge in [-0.2, -0.15) is 5.26 Å². The van der Waals surface area contributed by atoms with Crippen molar-refractivity contribution in [3.63, 3.8) is 0 Å². The van der Waals surface area contributed by atoms with Gasteiger partial charge in [0.25, 0.3) is 0 Å². The number of anilines is 1. The molecule has 0 saturated carbocycles. The van der Waals surface area contributed by atoms with Crippen LogP contribution in [0.25, 0.3) is 0 Å². The fourth-order valence-electron chi connectivity index (χ4n) is 3.10. The first-order valence-electron chi connectivity index (χ1n) is 9.83. The highest BCUT2D eigenvalue weighted by Crippen LogP contribution is 2.34. The minimum Gasteiger partial charge on any atom is -0.497 e. The number of carbonyl (C=O) groups is 1. The second-order valence-electron chi connectivity index (χ2n) is 6.43. The van der Waals surface area contributed by atoms with E-state index in [1.807, 2.05) is 50.3 Å². The molecule has 29 heavy (non-hydrogen) atoms. The topological polar surface area (TPSA) is 80.6 Å². The third kappa shape index (κ3) is 6.23. The van der Waals surface area contributed by atoms with Crippen LogP contribution < -0.4 is 5.32 Å². The van der Waals surface area contributed by atoms with Crippen molar-refractivity contribution >= 4 is 11.7 Å². The zero-order valence-electron chi connectivity index (χ0n) is 17.2. The maximum Gasteiger partial charge on any atom is 0.320 e. The lowest BCUT2D eigenvalue weighted by Crippen LogP contribution is -2.35. The SMILES string of the molecule is CCOC(=O)C1C=CC(C/C(C#N)=C/Nc2ccccc2)(OCC)C=C1OCC. The van der Waals surface area contributed by atoms with Crippen LogP contribution in [0.2, 0.25) is 0 Å². The number of esters is 1. The molecule has 0 bridgehead atoms. The molecule has 0 fully saturated rings. The largest absolute Gasteiger partial charge is 0.497 e. The van der Waals surface area contributed by atoms with Crippen molar-refractivity contribution in [3.05, 3.63) is 66.1 Å². The Balaban J connectivity index is 2.28. The summed E-state index contributed by atoms with van der Waals surface area (Å²) in [5, 5.41) is 12.8. The third-order valence-electron chi connectivity index (χ3n) is 4.33. The summed E-state index contributed by atoms with van der Waals surface area (Å²) in [5.74, 6) is -0.494. The Bertz CT molecular complexity index is 808. The Labute approximate surface area is 172 Å².